The van der Waals surface area contributed by atoms with Gasteiger partial charge in [-0.15, -0.1) is 10.2 Å². The maximum absolute atomic E-state index is 8.74. The Morgan fingerprint density at radius 1 is 1.50 bits per heavy atom. The van der Waals surface area contributed by atoms with Gasteiger partial charge in [-0.3, -0.25) is 4.98 Å². The molecule has 0 aliphatic carbocycles. The van der Waals surface area contributed by atoms with Crippen LogP contribution in [-0.2, 0) is 7.05 Å². The van der Waals surface area contributed by atoms with Gasteiger partial charge in [-0.05, 0) is 24.8 Å². The van der Waals surface area contributed by atoms with Gasteiger partial charge in [0.1, 0.15) is 5.82 Å². The number of aromatic nitrogens is 4. The molecule has 2 rings (SSSR count). The zero-order chi connectivity index (χ0) is 13.1. The Bertz CT molecular complexity index is 594. The molecule has 0 aliphatic rings. The average molecular weight is 264 g/mol. The van der Waals surface area contributed by atoms with Crippen molar-refractivity contribution in [2.75, 3.05) is 0 Å². The van der Waals surface area contributed by atoms with Crippen LogP contribution in [0.2, 0.25) is 0 Å². The molecule has 94 valence electrons. The van der Waals surface area contributed by atoms with E-state index in [0.717, 1.165) is 10.7 Å². The van der Waals surface area contributed by atoms with Crippen molar-refractivity contribution < 1.29 is 5.21 Å². The summed E-state index contributed by atoms with van der Waals surface area (Å²) in [6.07, 6.45) is 3.22. The van der Waals surface area contributed by atoms with Crippen LogP contribution < -0.4 is 5.73 Å². The fourth-order valence-corrected chi connectivity index (χ4v) is 2.25. The third kappa shape index (κ3) is 2.28. The zero-order valence-corrected chi connectivity index (χ0v) is 10.7. The number of rotatable bonds is 3. The molecule has 18 heavy (non-hydrogen) atoms. The van der Waals surface area contributed by atoms with E-state index >= 15 is 0 Å². The number of hydrogen-bond donors (Lipinski definition) is 2. The Kier molecular flexibility index (Phi) is 3.47. The van der Waals surface area contributed by atoms with Crippen molar-refractivity contribution in [1.29, 1.82) is 0 Å². The van der Waals surface area contributed by atoms with Gasteiger partial charge in [-0.1, -0.05) is 5.16 Å². The van der Waals surface area contributed by atoms with E-state index in [-0.39, 0.29) is 5.84 Å². The second-order valence-electron chi connectivity index (χ2n) is 3.55. The van der Waals surface area contributed by atoms with Gasteiger partial charge in [-0.25, -0.2) is 0 Å². The van der Waals surface area contributed by atoms with Gasteiger partial charge in [0.05, 0.1) is 0 Å². The first-order valence-corrected chi connectivity index (χ1v) is 5.91. The smallest absolute Gasteiger partial charge is 0.195 e. The summed E-state index contributed by atoms with van der Waals surface area (Å²) in [5.74, 6) is 0.852. The summed E-state index contributed by atoms with van der Waals surface area (Å²) in [7, 11) is 1.87. The molecule has 0 aromatic carbocycles. The number of oxime groups is 1. The first-order valence-electron chi connectivity index (χ1n) is 5.09. The van der Waals surface area contributed by atoms with Crippen molar-refractivity contribution in [2.24, 2.45) is 17.9 Å². The van der Waals surface area contributed by atoms with Crippen molar-refractivity contribution in [2.45, 2.75) is 17.0 Å². The molecular weight excluding hydrogens is 252 g/mol. The van der Waals surface area contributed by atoms with Crippen molar-refractivity contribution in [1.82, 2.24) is 19.7 Å². The van der Waals surface area contributed by atoms with Gasteiger partial charge < -0.3 is 15.5 Å². The molecule has 0 bridgehead atoms. The Hall–Kier alpha value is -2.09. The lowest BCUT2D eigenvalue weighted by Crippen LogP contribution is -2.14. The van der Waals surface area contributed by atoms with Gasteiger partial charge in [0, 0.05) is 29.9 Å². The summed E-state index contributed by atoms with van der Waals surface area (Å²) in [6.45, 7) is 1.87. The fourth-order valence-electron chi connectivity index (χ4n) is 1.30. The molecule has 0 fully saturated rings. The summed E-state index contributed by atoms with van der Waals surface area (Å²) in [6, 6.07) is 1.68. The third-order valence-electron chi connectivity index (χ3n) is 2.42. The number of hydrogen-bond acceptors (Lipinski definition) is 6. The minimum Gasteiger partial charge on any atom is -0.409 e. The lowest BCUT2D eigenvalue weighted by atomic mass is 10.2. The van der Waals surface area contributed by atoms with Gasteiger partial charge in [0.15, 0.2) is 11.0 Å². The van der Waals surface area contributed by atoms with Crippen molar-refractivity contribution in [3.05, 3.63) is 29.8 Å². The summed E-state index contributed by atoms with van der Waals surface area (Å²) in [5.41, 5.74) is 6.22. The van der Waals surface area contributed by atoms with E-state index in [1.165, 1.54) is 11.8 Å². The fraction of sp³-hybridized carbons (Fsp3) is 0.200. The maximum atomic E-state index is 8.74. The Morgan fingerprint density at radius 3 is 2.89 bits per heavy atom. The monoisotopic (exact) mass is 264 g/mol. The largest absolute Gasteiger partial charge is 0.409 e. The van der Waals surface area contributed by atoms with Crippen molar-refractivity contribution in [3.8, 4) is 0 Å². The highest BCUT2D eigenvalue weighted by Crippen LogP contribution is 2.28. The van der Waals surface area contributed by atoms with Gasteiger partial charge in [0.25, 0.3) is 0 Å². The lowest BCUT2D eigenvalue weighted by molar-refractivity contribution is 0.318. The molecule has 2 aromatic rings. The number of aryl methyl sites for hydroxylation is 1. The maximum Gasteiger partial charge on any atom is 0.195 e. The van der Waals surface area contributed by atoms with E-state index in [9.17, 15) is 0 Å². The van der Waals surface area contributed by atoms with Crippen LogP contribution in [-0.4, -0.2) is 30.8 Å². The summed E-state index contributed by atoms with van der Waals surface area (Å²) < 4.78 is 1.85. The Labute approximate surface area is 108 Å². The van der Waals surface area contributed by atoms with E-state index < -0.39 is 0 Å². The number of nitrogens with two attached hydrogens (primary N) is 1. The first kappa shape index (κ1) is 12.4. The van der Waals surface area contributed by atoms with Crippen LogP contribution >= 0.6 is 11.8 Å². The first-order chi connectivity index (χ1) is 8.63. The molecule has 0 aliphatic heterocycles. The highest BCUT2D eigenvalue weighted by atomic mass is 32.2. The van der Waals surface area contributed by atoms with Crippen LogP contribution in [0.3, 0.4) is 0 Å². The highest BCUT2D eigenvalue weighted by molar-refractivity contribution is 7.99. The zero-order valence-electron chi connectivity index (χ0n) is 9.90. The molecule has 0 unspecified atom stereocenters. The predicted molar refractivity (Wildman–Crippen MR) is 66.6 cm³/mol. The van der Waals surface area contributed by atoms with Crippen molar-refractivity contribution in [3.63, 3.8) is 0 Å². The molecule has 3 N–H and O–H groups in total. The topological polar surface area (TPSA) is 102 Å². The standard InChI is InChI=1S/C10H12N6OS/c1-6-13-14-10(16(6)2)18-8-5-12-4-3-7(8)9(11)15-17/h3-5,17H,1-2H3,(H2,11,15). The Morgan fingerprint density at radius 2 is 2.28 bits per heavy atom. The average Bonchev–Trinajstić information content (AvgIpc) is 2.70. The van der Waals surface area contributed by atoms with Crippen LogP contribution in [0, 0.1) is 6.92 Å². The van der Waals surface area contributed by atoms with Gasteiger partial charge in [-0.2, -0.15) is 0 Å². The van der Waals surface area contributed by atoms with E-state index in [2.05, 4.69) is 20.3 Å². The van der Waals surface area contributed by atoms with Crippen LogP contribution in [0.4, 0.5) is 0 Å². The highest BCUT2D eigenvalue weighted by Gasteiger charge is 2.12. The van der Waals surface area contributed by atoms with Crippen LogP contribution in [0.1, 0.15) is 11.4 Å². The molecule has 2 aromatic heterocycles. The molecule has 0 saturated heterocycles. The van der Waals surface area contributed by atoms with Gasteiger partial charge >= 0.3 is 0 Å². The second kappa shape index (κ2) is 5.05. The number of amidine groups is 1. The normalized spacial score (nSPS) is 11.8. The third-order valence-corrected chi connectivity index (χ3v) is 3.51. The molecule has 0 atom stereocenters. The molecule has 8 heteroatoms. The molecule has 0 saturated carbocycles. The van der Waals surface area contributed by atoms with Crippen molar-refractivity contribution >= 4 is 17.6 Å². The molecular formula is C10H12N6OS. The Balaban J connectivity index is 2.38. The van der Waals surface area contributed by atoms with E-state index in [0.29, 0.717) is 10.7 Å². The van der Waals surface area contributed by atoms with Gasteiger partial charge in [0.2, 0.25) is 0 Å². The van der Waals surface area contributed by atoms with E-state index in [1.807, 2.05) is 18.5 Å². The predicted octanol–water partition coefficient (Wildman–Crippen LogP) is 0.764. The van der Waals surface area contributed by atoms with E-state index in [1.54, 1.807) is 18.5 Å². The molecule has 2 heterocycles. The minimum atomic E-state index is 0.0405. The second-order valence-corrected chi connectivity index (χ2v) is 4.56. The van der Waals surface area contributed by atoms with Crippen LogP contribution in [0.15, 0.2) is 33.7 Å². The number of nitrogens with zero attached hydrogens (tertiary/aromatic N) is 5. The summed E-state index contributed by atoms with van der Waals surface area (Å²) in [4.78, 5) is 4.78. The lowest BCUT2D eigenvalue weighted by Gasteiger charge is -2.06. The minimum absolute atomic E-state index is 0.0405. The van der Waals surface area contributed by atoms with Crippen LogP contribution in [0.25, 0.3) is 0 Å². The number of pyridine rings is 1. The molecule has 0 amide bonds. The quantitative estimate of drug-likeness (QED) is 0.367. The summed E-state index contributed by atoms with van der Waals surface area (Å²) >= 11 is 1.36. The molecule has 7 nitrogen and oxygen atoms in total. The summed E-state index contributed by atoms with van der Waals surface area (Å²) in [5, 5.41) is 20.5. The molecule has 0 radical (unpaired) electrons. The SMILES string of the molecule is Cc1nnc(Sc2cnccc2/C(N)=N/O)n1C. The molecule has 0 spiro atoms. The van der Waals surface area contributed by atoms with E-state index in [4.69, 9.17) is 10.9 Å². The van der Waals surface area contributed by atoms with Crippen LogP contribution in [0.5, 0.6) is 0 Å².